The van der Waals surface area contributed by atoms with Crippen molar-refractivity contribution in [2.75, 3.05) is 6.79 Å². The zero-order chi connectivity index (χ0) is 19.4. The molecule has 0 fully saturated rings. The molecule has 0 spiro atoms. The van der Waals surface area contributed by atoms with E-state index in [1.165, 1.54) is 5.56 Å². The molecule has 0 aromatic heterocycles. The van der Waals surface area contributed by atoms with Crippen LogP contribution in [0.2, 0.25) is 0 Å². The molecule has 3 aliphatic rings. The first-order valence-electron chi connectivity index (χ1n) is 9.53. The summed E-state index contributed by atoms with van der Waals surface area (Å²) >= 11 is 3.51. The molecule has 0 aliphatic carbocycles. The molecule has 6 rings (SSSR count). The Labute approximate surface area is 176 Å². The van der Waals surface area contributed by atoms with Crippen LogP contribution in [0.15, 0.2) is 76.3 Å². The van der Waals surface area contributed by atoms with E-state index in [-0.39, 0.29) is 19.1 Å². The molecule has 3 aliphatic heterocycles. The lowest BCUT2D eigenvalue weighted by atomic mass is 9.96. The minimum absolute atomic E-state index is 0.133. The van der Waals surface area contributed by atoms with Crippen molar-refractivity contribution in [3.8, 4) is 17.2 Å². The Hall–Kier alpha value is -2.99. The maximum atomic E-state index is 6.41. The minimum atomic E-state index is -0.322. The first kappa shape index (κ1) is 16.9. The number of ether oxygens (including phenoxy) is 3. The SMILES string of the molecule is Brc1ccc(C2=NN3C(C2)c2ccccc2OC3c2ccc3c(c2)OCO3)cc1. The number of fused-ring (bicyclic) bond motifs is 4. The van der Waals surface area contributed by atoms with Gasteiger partial charge >= 0.3 is 0 Å². The number of hydrogen-bond acceptors (Lipinski definition) is 5. The fourth-order valence-corrected chi connectivity index (χ4v) is 4.40. The van der Waals surface area contributed by atoms with Crippen LogP contribution in [0.3, 0.4) is 0 Å². The lowest BCUT2D eigenvalue weighted by Crippen LogP contribution is -2.33. The van der Waals surface area contributed by atoms with Crippen LogP contribution in [0.4, 0.5) is 0 Å². The molecule has 29 heavy (non-hydrogen) atoms. The van der Waals surface area contributed by atoms with Crippen LogP contribution in [-0.4, -0.2) is 17.5 Å². The van der Waals surface area contributed by atoms with Crippen LogP contribution in [0, 0.1) is 0 Å². The standard InChI is InChI=1S/C23H17BrN2O3/c24-16-8-5-14(6-9-16)18-12-19-17-3-1-2-4-20(17)29-23(26(19)25-18)15-7-10-21-22(11-15)28-13-27-21/h1-11,19,23H,12-13H2. The molecule has 0 radical (unpaired) electrons. The number of hydrogen-bond donors (Lipinski definition) is 0. The van der Waals surface area contributed by atoms with Crippen molar-refractivity contribution in [1.29, 1.82) is 0 Å². The van der Waals surface area contributed by atoms with Gasteiger partial charge in [0.25, 0.3) is 0 Å². The second-order valence-corrected chi connectivity index (χ2v) is 8.19. The average Bonchev–Trinajstić information content (AvgIpc) is 3.40. The lowest BCUT2D eigenvalue weighted by Gasteiger charge is -2.38. The van der Waals surface area contributed by atoms with E-state index in [1.807, 2.05) is 30.3 Å². The molecule has 0 saturated carbocycles. The van der Waals surface area contributed by atoms with Crippen molar-refractivity contribution in [3.63, 3.8) is 0 Å². The van der Waals surface area contributed by atoms with Gasteiger partial charge in [0, 0.05) is 22.0 Å². The van der Waals surface area contributed by atoms with Gasteiger partial charge in [0.1, 0.15) is 5.75 Å². The number of hydrazone groups is 1. The van der Waals surface area contributed by atoms with E-state index in [0.29, 0.717) is 0 Å². The third-order valence-electron chi connectivity index (χ3n) is 5.56. The molecule has 144 valence electrons. The number of benzene rings is 3. The summed E-state index contributed by atoms with van der Waals surface area (Å²) in [7, 11) is 0. The molecule has 2 atom stereocenters. The van der Waals surface area contributed by atoms with E-state index < -0.39 is 0 Å². The zero-order valence-electron chi connectivity index (χ0n) is 15.4. The molecule has 0 saturated heterocycles. The molecule has 5 nitrogen and oxygen atoms in total. The summed E-state index contributed by atoms with van der Waals surface area (Å²) in [5.74, 6) is 2.42. The highest BCUT2D eigenvalue weighted by Gasteiger charge is 2.41. The summed E-state index contributed by atoms with van der Waals surface area (Å²) < 4.78 is 18.5. The molecule has 3 aromatic carbocycles. The lowest BCUT2D eigenvalue weighted by molar-refractivity contribution is -0.0191. The summed E-state index contributed by atoms with van der Waals surface area (Å²) in [5.41, 5.74) is 4.35. The van der Waals surface area contributed by atoms with Crippen molar-refractivity contribution in [2.45, 2.75) is 18.7 Å². The van der Waals surface area contributed by atoms with Crippen LogP contribution in [0.1, 0.15) is 35.4 Å². The summed E-state index contributed by atoms with van der Waals surface area (Å²) in [6.45, 7) is 0.255. The first-order valence-corrected chi connectivity index (χ1v) is 10.3. The Morgan fingerprint density at radius 2 is 1.72 bits per heavy atom. The zero-order valence-corrected chi connectivity index (χ0v) is 17.0. The third-order valence-corrected chi connectivity index (χ3v) is 6.09. The molecular formula is C23H17BrN2O3. The minimum Gasteiger partial charge on any atom is -0.464 e. The largest absolute Gasteiger partial charge is 0.464 e. The van der Waals surface area contributed by atoms with Crippen LogP contribution >= 0.6 is 15.9 Å². The van der Waals surface area contributed by atoms with Gasteiger partial charge in [-0.05, 0) is 42.0 Å². The summed E-state index contributed by atoms with van der Waals surface area (Å²) in [4.78, 5) is 0. The topological polar surface area (TPSA) is 43.3 Å². The molecule has 2 unspecified atom stereocenters. The summed E-state index contributed by atoms with van der Waals surface area (Å²) in [5, 5.41) is 7.08. The Morgan fingerprint density at radius 3 is 2.62 bits per heavy atom. The molecule has 3 heterocycles. The number of halogens is 1. The highest BCUT2D eigenvalue weighted by Crippen LogP contribution is 2.48. The second kappa shape index (κ2) is 6.52. The third kappa shape index (κ3) is 2.78. The summed E-state index contributed by atoms with van der Waals surface area (Å²) in [6, 6.07) is 22.6. The van der Waals surface area contributed by atoms with Crippen LogP contribution < -0.4 is 14.2 Å². The molecule has 0 amide bonds. The van der Waals surface area contributed by atoms with E-state index in [1.54, 1.807) is 0 Å². The quantitative estimate of drug-likeness (QED) is 0.524. The van der Waals surface area contributed by atoms with E-state index in [0.717, 1.165) is 45.0 Å². The normalized spacial score (nSPS) is 21.3. The van der Waals surface area contributed by atoms with Crippen LogP contribution in [0.5, 0.6) is 17.2 Å². The number of para-hydroxylation sites is 1. The Balaban J connectivity index is 1.44. The molecular weight excluding hydrogens is 432 g/mol. The second-order valence-electron chi connectivity index (χ2n) is 7.27. The van der Waals surface area contributed by atoms with Gasteiger partial charge < -0.3 is 14.2 Å². The van der Waals surface area contributed by atoms with E-state index in [4.69, 9.17) is 19.3 Å². The molecule has 0 N–H and O–H groups in total. The van der Waals surface area contributed by atoms with Gasteiger partial charge in [-0.1, -0.05) is 46.3 Å². The Kier molecular flexibility index (Phi) is 3.81. The maximum absolute atomic E-state index is 6.41. The predicted octanol–water partition coefficient (Wildman–Crippen LogP) is 5.42. The van der Waals surface area contributed by atoms with Crippen molar-refractivity contribution in [1.82, 2.24) is 5.01 Å². The van der Waals surface area contributed by atoms with Gasteiger partial charge in [-0.15, -0.1) is 0 Å². The van der Waals surface area contributed by atoms with Gasteiger partial charge in [0.05, 0.1) is 11.8 Å². The smallest absolute Gasteiger partial charge is 0.231 e. The molecule has 3 aromatic rings. The predicted molar refractivity (Wildman–Crippen MR) is 112 cm³/mol. The highest BCUT2D eigenvalue weighted by atomic mass is 79.9. The fourth-order valence-electron chi connectivity index (χ4n) is 4.14. The molecule has 6 heteroatoms. The van der Waals surface area contributed by atoms with Crippen molar-refractivity contribution in [2.24, 2.45) is 5.10 Å². The van der Waals surface area contributed by atoms with E-state index in [9.17, 15) is 0 Å². The number of nitrogens with zero attached hydrogens (tertiary/aromatic N) is 2. The van der Waals surface area contributed by atoms with E-state index >= 15 is 0 Å². The van der Waals surface area contributed by atoms with Crippen molar-refractivity contribution in [3.05, 3.63) is 87.9 Å². The van der Waals surface area contributed by atoms with Gasteiger partial charge in [-0.25, -0.2) is 5.01 Å². The van der Waals surface area contributed by atoms with Gasteiger partial charge in [0.2, 0.25) is 13.0 Å². The van der Waals surface area contributed by atoms with Gasteiger partial charge in [0.15, 0.2) is 11.5 Å². The van der Waals surface area contributed by atoms with Crippen LogP contribution in [0.25, 0.3) is 0 Å². The maximum Gasteiger partial charge on any atom is 0.231 e. The average molecular weight is 449 g/mol. The highest BCUT2D eigenvalue weighted by molar-refractivity contribution is 9.10. The van der Waals surface area contributed by atoms with Crippen molar-refractivity contribution < 1.29 is 14.2 Å². The van der Waals surface area contributed by atoms with Crippen molar-refractivity contribution >= 4 is 21.6 Å². The first-order chi connectivity index (χ1) is 14.3. The summed E-state index contributed by atoms with van der Waals surface area (Å²) in [6.07, 6.45) is 0.514. The number of rotatable bonds is 2. The van der Waals surface area contributed by atoms with Crippen LogP contribution in [-0.2, 0) is 0 Å². The van der Waals surface area contributed by atoms with Gasteiger partial charge in [-0.3, -0.25) is 0 Å². The fraction of sp³-hybridized carbons (Fsp3) is 0.174. The Bertz CT molecular complexity index is 1130. The Morgan fingerprint density at radius 1 is 0.897 bits per heavy atom. The van der Waals surface area contributed by atoms with Gasteiger partial charge in [-0.2, -0.15) is 5.10 Å². The molecule has 0 bridgehead atoms. The monoisotopic (exact) mass is 448 g/mol. The van der Waals surface area contributed by atoms with E-state index in [2.05, 4.69) is 57.3 Å².